The monoisotopic (exact) mass is 775 g/mol. The number of aromatic nitrogens is 1. The third-order valence-corrected chi connectivity index (χ3v) is 10.8. The molecule has 55 heavy (non-hydrogen) atoms. The molecule has 5 aromatic carbocycles. The van der Waals surface area contributed by atoms with E-state index in [0.29, 0.717) is 34.9 Å². The van der Waals surface area contributed by atoms with Crippen LogP contribution in [0.25, 0.3) is 16.6 Å². The number of ether oxygens (including phenoxy) is 2. The quantitative estimate of drug-likeness (QED) is 0.164. The van der Waals surface area contributed by atoms with Crippen LogP contribution in [-0.2, 0) is 13.0 Å². The predicted molar refractivity (Wildman–Crippen MR) is 221 cm³/mol. The number of para-hydroxylation sites is 3. The topological polar surface area (TPSA) is 70.5 Å². The average molecular weight is 777 g/mol. The van der Waals surface area contributed by atoms with E-state index in [1.165, 1.54) is 11.1 Å². The van der Waals surface area contributed by atoms with E-state index in [4.69, 9.17) is 9.47 Å². The molecule has 1 fully saturated rings. The van der Waals surface area contributed by atoms with Crippen molar-refractivity contribution >= 4 is 58.9 Å². The fourth-order valence-electron chi connectivity index (χ4n) is 7.98. The molecule has 0 aliphatic carbocycles. The summed E-state index contributed by atoms with van der Waals surface area (Å²) in [6, 6.07) is 39.4. The molecule has 1 atom stereocenters. The van der Waals surface area contributed by atoms with E-state index < -0.39 is 0 Å². The number of benzene rings is 5. The van der Waals surface area contributed by atoms with Gasteiger partial charge in [0.05, 0.1) is 22.3 Å². The SMILES string of the molecule is CN1CCN(C[C@@H]2Cc3ccccc3CN2C(=O)c2cc3c(cc2-n2cc(C(=O)N(c4ccccc4)c4ccccc4)c4ccccc42)OCO3)CC1.Cl.Cl. The van der Waals surface area contributed by atoms with Crippen LogP contribution < -0.4 is 14.4 Å². The fourth-order valence-corrected chi connectivity index (χ4v) is 7.98. The lowest BCUT2D eigenvalue weighted by Crippen LogP contribution is -2.53. The van der Waals surface area contributed by atoms with E-state index in [-0.39, 0.29) is 49.5 Å². The maximum Gasteiger partial charge on any atom is 0.265 e. The van der Waals surface area contributed by atoms with Gasteiger partial charge in [0, 0.05) is 74.3 Å². The maximum absolute atomic E-state index is 15.2. The Morgan fingerprint density at radius 2 is 1.31 bits per heavy atom. The largest absolute Gasteiger partial charge is 0.454 e. The van der Waals surface area contributed by atoms with Crippen LogP contribution in [-0.4, -0.2) is 83.7 Å². The molecule has 282 valence electrons. The summed E-state index contributed by atoms with van der Waals surface area (Å²) >= 11 is 0. The molecule has 2 amide bonds. The van der Waals surface area contributed by atoms with Gasteiger partial charge in [-0.1, -0.05) is 78.9 Å². The predicted octanol–water partition coefficient (Wildman–Crippen LogP) is 8.00. The number of rotatable bonds is 7. The Morgan fingerprint density at radius 1 is 0.709 bits per heavy atom. The molecule has 0 saturated carbocycles. The minimum absolute atomic E-state index is 0. The van der Waals surface area contributed by atoms with Crippen molar-refractivity contribution in [2.75, 3.05) is 51.5 Å². The first kappa shape index (κ1) is 38.0. The zero-order valence-corrected chi connectivity index (χ0v) is 32.2. The van der Waals surface area contributed by atoms with Crippen LogP contribution >= 0.6 is 24.8 Å². The number of halogens is 2. The second-order valence-corrected chi connectivity index (χ2v) is 14.1. The number of carbonyl (C=O) groups is 2. The highest BCUT2D eigenvalue weighted by atomic mass is 35.5. The summed E-state index contributed by atoms with van der Waals surface area (Å²) in [7, 11) is 2.16. The number of nitrogens with zero attached hydrogens (tertiary/aromatic N) is 5. The van der Waals surface area contributed by atoms with Gasteiger partial charge in [-0.2, -0.15) is 0 Å². The van der Waals surface area contributed by atoms with E-state index in [0.717, 1.165) is 61.4 Å². The summed E-state index contributed by atoms with van der Waals surface area (Å²) in [5.74, 6) is 0.853. The minimum Gasteiger partial charge on any atom is -0.454 e. The highest BCUT2D eigenvalue weighted by Gasteiger charge is 2.35. The van der Waals surface area contributed by atoms with Gasteiger partial charge in [-0.25, -0.2) is 0 Å². The van der Waals surface area contributed by atoms with Crippen molar-refractivity contribution in [2.24, 2.45) is 0 Å². The van der Waals surface area contributed by atoms with Crippen molar-refractivity contribution in [3.8, 4) is 17.2 Å². The number of fused-ring (bicyclic) bond motifs is 3. The first-order valence-electron chi connectivity index (χ1n) is 18.3. The van der Waals surface area contributed by atoms with Gasteiger partial charge >= 0.3 is 0 Å². The van der Waals surface area contributed by atoms with Crippen LogP contribution in [0.2, 0.25) is 0 Å². The number of likely N-dealkylation sites (N-methyl/N-ethyl adjacent to an activating group) is 1. The molecule has 4 heterocycles. The third kappa shape index (κ3) is 7.28. The van der Waals surface area contributed by atoms with Crippen molar-refractivity contribution in [1.82, 2.24) is 19.3 Å². The second-order valence-electron chi connectivity index (χ2n) is 14.1. The Bertz CT molecular complexity index is 2270. The van der Waals surface area contributed by atoms with Crippen LogP contribution in [0.1, 0.15) is 31.8 Å². The van der Waals surface area contributed by atoms with Crippen LogP contribution in [0.4, 0.5) is 11.4 Å². The van der Waals surface area contributed by atoms with Crippen LogP contribution in [0, 0.1) is 0 Å². The summed E-state index contributed by atoms with van der Waals surface area (Å²) in [4.78, 5) is 38.6. The molecule has 3 aliphatic heterocycles. The lowest BCUT2D eigenvalue weighted by molar-refractivity contribution is 0.0535. The van der Waals surface area contributed by atoms with E-state index >= 15 is 4.79 Å². The van der Waals surface area contributed by atoms with Crippen molar-refractivity contribution in [3.05, 3.63) is 150 Å². The van der Waals surface area contributed by atoms with Gasteiger partial charge in [0.25, 0.3) is 11.8 Å². The molecule has 0 bridgehead atoms. The zero-order chi connectivity index (χ0) is 35.9. The Labute approximate surface area is 333 Å². The molecule has 11 heteroatoms. The van der Waals surface area contributed by atoms with E-state index in [2.05, 4.69) is 35.0 Å². The standard InChI is InChI=1S/C44H41N5O4.2ClH/c1-45-20-22-46(23-21-45)28-35-24-31-12-8-9-13-32(31)27-47(35)43(50)37-25-41-42(53-30-52-41)26-40(37)48-29-38(36-18-10-11-19-39(36)48)44(51)49(33-14-4-2-5-15-33)34-16-6-3-7-17-34;;/h2-19,25-26,29,35H,20-24,27-28,30H2,1H3;2*1H/t35-;;/m0../s1. The Balaban J connectivity index is 0.00000233. The molecule has 9 nitrogen and oxygen atoms in total. The molecule has 0 radical (unpaired) electrons. The van der Waals surface area contributed by atoms with Gasteiger partial charge in [0.15, 0.2) is 11.5 Å². The summed E-state index contributed by atoms with van der Waals surface area (Å²) in [5.41, 5.74) is 6.44. The van der Waals surface area contributed by atoms with Crippen LogP contribution in [0.15, 0.2) is 128 Å². The molecular weight excluding hydrogens is 733 g/mol. The molecule has 3 aliphatic rings. The Morgan fingerprint density at radius 3 is 2.00 bits per heavy atom. The van der Waals surface area contributed by atoms with Crippen LogP contribution in [0.3, 0.4) is 0 Å². The summed E-state index contributed by atoms with van der Waals surface area (Å²) in [6.07, 6.45) is 2.65. The highest BCUT2D eigenvalue weighted by molar-refractivity contribution is 6.17. The summed E-state index contributed by atoms with van der Waals surface area (Å²) in [5, 5.41) is 0.783. The van der Waals surface area contributed by atoms with Crippen molar-refractivity contribution < 1.29 is 19.1 Å². The molecule has 0 spiro atoms. The van der Waals surface area contributed by atoms with Gasteiger partial charge in [-0.3, -0.25) is 19.4 Å². The summed E-state index contributed by atoms with van der Waals surface area (Å²) < 4.78 is 13.7. The number of hydrogen-bond donors (Lipinski definition) is 0. The lowest BCUT2D eigenvalue weighted by atomic mass is 9.92. The van der Waals surface area contributed by atoms with E-state index in [9.17, 15) is 4.79 Å². The molecule has 6 aromatic rings. The number of carbonyl (C=O) groups excluding carboxylic acids is 2. The van der Waals surface area contributed by atoms with Gasteiger partial charge in [0.1, 0.15) is 0 Å². The molecule has 0 unspecified atom stereocenters. The molecule has 1 aromatic heterocycles. The van der Waals surface area contributed by atoms with Crippen molar-refractivity contribution in [2.45, 2.75) is 19.0 Å². The zero-order valence-electron chi connectivity index (χ0n) is 30.5. The minimum atomic E-state index is -0.175. The molecule has 9 rings (SSSR count). The Hall–Kier alpha value is -5.32. The van der Waals surface area contributed by atoms with E-state index in [1.54, 1.807) is 4.90 Å². The lowest BCUT2D eigenvalue weighted by Gasteiger charge is -2.41. The van der Waals surface area contributed by atoms with Gasteiger partial charge in [0.2, 0.25) is 6.79 Å². The van der Waals surface area contributed by atoms with Crippen LogP contribution in [0.5, 0.6) is 11.5 Å². The van der Waals surface area contributed by atoms with Gasteiger partial charge in [-0.15, -0.1) is 24.8 Å². The molecule has 1 saturated heterocycles. The highest BCUT2D eigenvalue weighted by Crippen LogP contribution is 2.40. The number of piperazine rings is 1. The average Bonchev–Trinajstić information content (AvgIpc) is 3.83. The number of amides is 2. The smallest absolute Gasteiger partial charge is 0.265 e. The van der Waals surface area contributed by atoms with E-state index in [1.807, 2.05) is 119 Å². The van der Waals surface area contributed by atoms with Crippen molar-refractivity contribution in [1.29, 1.82) is 0 Å². The van der Waals surface area contributed by atoms with Gasteiger partial charge in [-0.05, 0) is 61.0 Å². The normalized spacial score (nSPS) is 16.5. The number of hydrogen-bond acceptors (Lipinski definition) is 6. The second kappa shape index (κ2) is 16.2. The number of anilines is 2. The van der Waals surface area contributed by atoms with Crippen molar-refractivity contribution in [3.63, 3.8) is 0 Å². The van der Waals surface area contributed by atoms with Gasteiger partial charge < -0.3 is 23.8 Å². The fraction of sp³-hybridized carbons (Fsp3) is 0.227. The maximum atomic E-state index is 15.2. The molecular formula is C44H43Cl2N5O4. The summed E-state index contributed by atoms with van der Waals surface area (Å²) in [6.45, 7) is 5.36. The first-order chi connectivity index (χ1) is 26.0. The first-order valence-corrected chi connectivity index (χ1v) is 18.3. The molecule has 0 N–H and O–H groups in total. The third-order valence-electron chi connectivity index (χ3n) is 10.8. The Kier molecular flexibility index (Phi) is 11.2.